The van der Waals surface area contributed by atoms with E-state index in [1.165, 1.54) is 12.1 Å². The van der Waals surface area contributed by atoms with Crippen LogP contribution in [0.5, 0.6) is 5.75 Å². The highest BCUT2D eigenvalue weighted by Crippen LogP contribution is 2.44. The number of H-pyrrole nitrogens is 1. The van der Waals surface area contributed by atoms with Crippen LogP contribution in [0.15, 0.2) is 58.1 Å². The van der Waals surface area contributed by atoms with E-state index in [2.05, 4.69) is 37.7 Å². The number of benzene rings is 2. The molecule has 0 amide bonds. The van der Waals surface area contributed by atoms with Crippen molar-refractivity contribution in [2.45, 2.75) is 38.7 Å². The SMILES string of the molecule is CC(=C1c2ccc(Cc3c(C4CC4)nc4c(N(C)C)nccn34)cc2COc2cc(F)ccc21)c1noc(=O)[nH]1. The molecule has 9 nitrogen and oxygen atoms in total. The second kappa shape index (κ2) is 9.18. The Balaban J connectivity index is 1.35. The fourth-order valence-electron chi connectivity index (χ4n) is 5.56. The Morgan fingerprint density at radius 2 is 2.00 bits per heavy atom. The molecule has 5 aromatic rings. The van der Waals surface area contributed by atoms with Crippen LogP contribution >= 0.6 is 0 Å². The Kier molecular flexibility index (Phi) is 5.58. The van der Waals surface area contributed by atoms with Crippen LogP contribution in [0.1, 0.15) is 65.1 Å². The summed E-state index contributed by atoms with van der Waals surface area (Å²) in [6.45, 7) is 2.12. The topological polar surface area (TPSA) is 102 Å². The Labute approximate surface area is 228 Å². The zero-order valence-corrected chi connectivity index (χ0v) is 22.4. The van der Waals surface area contributed by atoms with Crippen molar-refractivity contribution in [3.63, 3.8) is 0 Å². The van der Waals surface area contributed by atoms with Gasteiger partial charge >= 0.3 is 5.76 Å². The Morgan fingerprint density at radius 1 is 1.18 bits per heavy atom. The van der Waals surface area contributed by atoms with Crippen LogP contribution in [0.2, 0.25) is 0 Å². The first-order valence-corrected chi connectivity index (χ1v) is 13.2. The molecule has 7 rings (SSSR count). The summed E-state index contributed by atoms with van der Waals surface area (Å²) in [6.07, 6.45) is 6.78. The van der Waals surface area contributed by atoms with E-state index in [-0.39, 0.29) is 12.4 Å². The normalized spacial score (nSPS) is 15.8. The van der Waals surface area contributed by atoms with Gasteiger partial charge in [0.15, 0.2) is 17.3 Å². The summed E-state index contributed by atoms with van der Waals surface area (Å²) in [6, 6.07) is 10.8. The number of anilines is 1. The molecule has 2 aromatic carbocycles. The first-order valence-electron chi connectivity index (χ1n) is 13.2. The van der Waals surface area contributed by atoms with Crippen LogP contribution in [0, 0.1) is 5.82 Å². The number of hydrogen-bond donors (Lipinski definition) is 1. The molecule has 0 radical (unpaired) electrons. The van der Waals surface area contributed by atoms with Gasteiger partial charge in [0.05, 0.1) is 11.4 Å². The van der Waals surface area contributed by atoms with Gasteiger partial charge in [-0.3, -0.25) is 13.9 Å². The van der Waals surface area contributed by atoms with Gasteiger partial charge in [-0.15, -0.1) is 0 Å². The number of aromatic nitrogens is 5. The summed E-state index contributed by atoms with van der Waals surface area (Å²) in [5, 5.41) is 3.90. The van der Waals surface area contributed by atoms with Gasteiger partial charge in [-0.25, -0.2) is 19.2 Å². The molecule has 40 heavy (non-hydrogen) atoms. The molecule has 0 unspecified atom stereocenters. The molecule has 10 heteroatoms. The smallest absolute Gasteiger partial charge is 0.439 e. The van der Waals surface area contributed by atoms with Crippen molar-refractivity contribution in [1.29, 1.82) is 0 Å². The minimum absolute atomic E-state index is 0.267. The minimum atomic E-state index is -0.637. The maximum Gasteiger partial charge on any atom is 0.439 e. The molecule has 1 aliphatic carbocycles. The average molecular weight is 539 g/mol. The van der Waals surface area contributed by atoms with Crippen LogP contribution in [0.25, 0.3) is 16.8 Å². The molecule has 2 aliphatic rings. The fourth-order valence-corrected chi connectivity index (χ4v) is 5.56. The standard InChI is InChI=1S/C30H27FN6O3/c1-16(27-34-30(38)40-35-27)25-21-8-4-17(12-19(21)15-39-24-14-20(31)7-9-22(24)25)13-23-26(18-5-6-18)33-29-28(36(2)3)32-10-11-37(23)29/h4,7-12,14,18H,5-6,13,15H2,1-3H3,(H,34,35,38). The number of aromatic amines is 1. The van der Waals surface area contributed by atoms with Gasteiger partial charge < -0.3 is 9.64 Å². The van der Waals surface area contributed by atoms with E-state index >= 15 is 0 Å². The molecule has 1 fully saturated rings. The lowest BCUT2D eigenvalue weighted by atomic mass is 9.89. The third-order valence-corrected chi connectivity index (χ3v) is 7.62. The zero-order chi connectivity index (χ0) is 27.5. The van der Waals surface area contributed by atoms with Gasteiger partial charge in [0.1, 0.15) is 18.2 Å². The summed E-state index contributed by atoms with van der Waals surface area (Å²) in [7, 11) is 3.96. The molecule has 1 saturated carbocycles. The van der Waals surface area contributed by atoms with E-state index < -0.39 is 5.76 Å². The van der Waals surface area contributed by atoms with Crippen molar-refractivity contribution < 1.29 is 13.7 Å². The molecule has 3 aromatic heterocycles. The highest BCUT2D eigenvalue weighted by atomic mass is 19.1. The lowest BCUT2D eigenvalue weighted by molar-refractivity contribution is 0.305. The number of nitrogens with zero attached hydrogens (tertiary/aromatic N) is 5. The van der Waals surface area contributed by atoms with Crippen molar-refractivity contribution in [1.82, 2.24) is 24.5 Å². The van der Waals surface area contributed by atoms with E-state index in [1.807, 2.05) is 38.3 Å². The third-order valence-electron chi connectivity index (χ3n) is 7.62. The monoisotopic (exact) mass is 538 g/mol. The Morgan fingerprint density at radius 3 is 2.75 bits per heavy atom. The fraction of sp³-hybridized carbons (Fsp3) is 0.267. The molecule has 0 atom stereocenters. The molecular weight excluding hydrogens is 511 g/mol. The molecule has 202 valence electrons. The van der Waals surface area contributed by atoms with Gasteiger partial charge in [-0.05, 0) is 54.2 Å². The van der Waals surface area contributed by atoms with Crippen molar-refractivity contribution >= 4 is 22.6 Å². The minimum Gasteiger partial charge on any atom is -0.488 e. The predicted octanol–water partition coefficient (Wildman–Crippen LogP) is 4.95. The maximum atomic E-state index is 14.2. The van der Waals surface area contributed by atoms with Gasteiger partial charge in [-0.2, -0.15) is 0 Å². The van der Waals surface area contributed by atoms with Crippen molar-refractivity contribution in [2.75, 3.05) is 19.0 Å². The maximum absolute atomic E-state index is 14.2. The van der Waals surface area contributed by atoms with E-state index in [4.69, 9.17) is 14.2 Å². The number of ether oxygens (including phenoxy) is 1. The van der Waals surface area contributed by atoms with Gasteiger partial charge in [0.2, 0.25) is 0 Å². The average Bonchev–Trinajstić information content (AvgIpc) is 3.63. The number of imidazole rings is 1. The Bertz CT molecular complexity index is 1880. The van der Waals surface area contributed by atoms with Crippen LogP contribution in [-0.2, 0) is 13.0 Å². The lowest BCUT2D eigenvalue weighted by Crippen LogP contribution is -2.12. The van der Waals surface area contributed by atoms with E-state index in [0.29, 0.717) is 29.5 Å². The second-order valence-electron chi connectivity index (χ2n) is 10.6. The van der Waals surface area contributed by atoms with E-state index in [0.717, 1.165) is 63.5 Å². The first kappa shape index (κ1) is 24.3. The molecule has 4 heterocycles. The number of nitrogens with one attached hydrogen (secondary N) is 1. The number of rotatable bonds is 5. The summed E-state index contributed by atoms with van der Waals surface area (Å²) in [5.74, 6) is 1.04. The summed E-state index contributed by atoms with van der Waals surface area (Å²) < 4.78 is 27.3. The highest BCUT2D eigenvalue weighted by Gasteiger charge is 2.31. The second-order valence-corrected chi connectivity index (χ2v) is 10.6. The van der Waals surface area contributed by atoms with Crippen molar-refractivity contribution in [3.8, 4) is 5.75 Å². The number of fused-ring (bicyclic) bond motifs is 3. The van der Waals surface area contributed by atoms with Gasteiger partial charge in [-0.1, -0.05) is 23.4 Å². The molecule has 0 spiro atoms. The van der Waals surface area contributed by atoms with Crippen LogP contribution in [0.4, 0.5) is 10.2 Å². The van der Waals surface area contributed by atoms with Gasteiger partial charge in [0, 0.05) is 56.0 Å². The predicted molar refractivity (Wildman–Crippen MR) is 148 cm³/mol. The number of allylic oxidation sites excluding steroid dienone is 1. The molecule has 1 N–H and O–H groups in total. The largest absolute Gasteiger partial charge is 0.488 e. The van der Waals surface area contributed by atoms with Crippen molar-refractivity contribution in [2.24, 2.45) is 0 Å². The number of halogens is 1. The zero-order valence-electron chi connectivity index (χ0n) is 22.4. The first-order chi connectivity index (χ1) is 19.4. The van der Waals surface area contributed by atoms with Gasteiger partial charge in [0.25, 0.3) is 0 Å². The number of hydrogen-bond acceptors (Lipinski definition) is 7. The molecule has 0 bridgehead atoms. The van der Waals surface area contributed by atoms with Crippen LogP contribution in [0.3, 0.4) is 0 Å². The lowest BCUT2D eigenvalue weighted by Gasteiger charge is -2.15. The molecule has 1 aliphatic heterocycles. The van der Waals surface area contributed by atoms with Crippen molar-refractivity contribution in [3.05, 3.63) is 105 Å². The van der Waals surface area contributed by atoms with E-state index in [9.17, 15) is 9.18 Å². The van der Waals surface area contributed by atoms with E-state index in [1.54, 1.807) is 6.07 Å². The van der Waals surface area contributed by atoms with Crippen LogP contribution < -0.4 is 15.4 Å². The summed E-state index contributed by atoms with van der Waals surface area (Å²) in [4.78, 5) is 25.9. The molecule has 0 saturated heterocycles. The summed E-state index contributed by atoms with van der Waals surface area (Å²) in [5.41, 5.74) is 8.36. The quantitative estimate of drug-likeness (QED) is 0.338. The summed E-state index contributed by atoms with van der Waals surface area (Å²) >= 11 is 0. The molecular formula is C30H27FN6O3. The third kappa shape index (κ3) is 4.07. The Hall–Kier alpha value is -4.73. The highest BCUT2D eigenvalue weighted by molar-refractivity contribution is 5.99. The van der Waals surface area contributed by atoms with Crippen LogP contribution in [-0.4, -0.2) is 38.6 Å².